The molecule has 19 heavy (non-hydrogen) atoms. The number of thioether (sulfide) groups is 1. The van der Waals surface area contributed by atoms with Gasteiger partial charge in [-0.2, -0.15) is 0 Å². The summed E-state index contributed by atoms with van der Waals surface area (Å²) >= 11 is 1.53. The average molecular weight is 276 g/mol. The van der Waals surface area contributed by atoms with Crippen molar-refractivity contribution in [3.63, 3.8) is 0 Å². The van der Waals surface area contributed by atoms with E-state index in [1.807, 2.05) is 12.3 Å². The second kappa shape index (κ2) is 4.09. The summed E-state index contributed by atoms with van der Waals surface area (Å²) in [6, 6.07) is 6.50. The van der Waals surface area contributed by atoms with E-state index in [0.717, 1.165) is 9.80 Å². The number of hydrogen-bond acceptors (Lipinski definition) is 4. The lowest BCUT2D eigenvalue weighted by molar-refractivity contribution is -0.136. The highest BCUT2D eigenvalue weighted by Gasteiger charge is 2.62. The summed E-state index contributed by atoms with van der Waals surface area (Å²) in [6.45, 7) is 0. The highest BCUT2D eigenvalue weighted by molar-refractivity contribution is 7.98. The van der Waals surface area contributed by atoms with E-state index in [4.69, 9.17) is 0 Å². The lowest BCUT2D eigenvalue weighted by Crippen LogP contribution is -2.59. The summed E-state index contributed by atoms with van der Waals surface area (Å²) in [5, 5.41) is 2.27. The number of hydrogen-bond donors (Lipinski definition) is 1. The van der Waals surface area contributed by atoms with Crippen molar-refractivity contribution in [1.29, 1.82) is 0 Å². The molecule has 1 spiro atoms. The number of nitrogens with one attached hydrogen (secondary N) is 1. The van der Waals surface area contributed by atoms with Crippen LogP contribution in [0.2, 0.25) is 0 Å². The highest BCUT2D eigenvalue weighted by atomic mass is 32.2. The van der Waals surface area contributed by atoms with Gasteiger partial charge in [0, 0.05) is 4.90 Å². The van der Waals surface area contributed by atoms with Gasteiger partial charge in [0.1, 0.15) is 5.41 Å². The van der Waals surface area contributed by atoms with E-state index in [1.54, 1.807) is 18.2 Å². The van der Waals surface area contributed by atoms with E-state index in [-0.39, 0.29) is 0 Å². The molecule has 4 amide bonds. The second-order valence-corrected chi connectivity index (χ2v) is 5.56. The quantitative estimate of drug-likeness (QED) is 0.660. The molecule has 3 rings (SSSR count). The van der Waals surface area contributed by atoms with Crippen molar-refractivity contribution < 1.29 is 14.4 Å². The standard InChI is InChI=1S/C13H12N2O3S/c1-19-9-4-2-3-8(7-9)15-11(17)13(5-6-13)10(16)14-12(15)18/h2-4,7H,5-6H2,1H3,(H,14,16,18). The predicted octanol–water partition coefficient (Wildman–Crippen LogP) is 1.77. The molecule has 98 valence electrons. The Kier molecular flexibility index (Phi) is 2.63. The largest absolute Gasteiger partial charge is 0.335 e. The van der Waals surface area contributed by atoms with Gasteiger partial charge >= 0.3 is 6.03 Å². The third kappa shape index (κ3) is 1.74. The Morgan fingerprint density at radius 3 is 2.63 bits per heavy atom. The van der Waals surface area contributed by atoms with E-state index in [0.29, 0.717) is 18.5 Å². The Bertz CT molecular complexity index is 595. The van der Waals surface area contributed by atoms with E-state index < -0.39 is 23.3 Å². The Balaban J connectivity index is 2.01. The maximum absolute atomic E-state index is 12.4. The molecule has 1 aromatic carbocycles. The minimum atomic E-state index is -0.997. The summed E-state index contributed by atoms with van der Waals surface area (Å²) in [4.78, 5) is 38.0. The topological polar surface area (TPSA) is 66.5 Å². The molecule has 0 aromatic heterocycles. The Morgan fingerprint density at radius 2 is 2.00 bits per heavy atom. The number of amides is 4. The van der Waals surface area contributed by atoms with Gasteiger partial charge in [-0.15, -0.1) is 11.8 Å². The molecular weight excluding hydrogens is 264 g/mol. The first-order valence-corrected chi connectivity index (χ1v) is 7.15. The average Bonchev–Trinajstić information content (AvgIpc) is 3.19. The summed E-state index contributed by atoms with van der Waals surface area (Å²) in [7, 11) is 0. The van der Waals surface area contributed by atoms with Crippen molar-refractivity contribution >= 4 is 35.3 Å². The highest BCUT2D eigenvalue weighted by Crippen LogP contribution is 2.49. The molecule has 2 aliphatic rings. The van der Waals surface area contributed by atoms with Crippen LogP contribution >= 0.6 is 11.8 Å². The van der Waals surface area contributed by atoms with Gasteiger partial charge in [-0.1, -0.05) is 6.07 Å². The molecule has 0 atom stereocenters. The van der Waals surface area contributed by atoms with Gasteiger partial charge in [0.15, 0.2) is 0 Å². The first-order chi connectivity index (χ1) is 9.08. The van der Waals surface area contributed by atoms with Crippen molar-refractivity contribution in [1.82, 2.24) is 5.32 Å². The SMILES string of the molecule is CSc1cccc(N2C(=O)NC(=O)C3(CC3)C2=O)c1. The van der Waals surface area contributed by atoms with Crippen LogP contribution in [0.3, 0.4) is 0 Å². The fourth-order valence-corrected chi connectivity index (χ4v) is 2.68. The molecule has 1 aliphatic carbocycles. The fraction of sp³-hybridized carbons (Fsp3) is 0.308. The van der Waals surface area contributed by atoms with Crippen LogP contribution in [0.1, 0.15) is 12.8 Å². The normalized spacial score (nSPS) is 20.7. The van der Waals surface area contributed by atoms with Gasteiger partial charge < -0.3 is 0 Å². The van der Waals surface area contributed by atoms with Crippen molar-refractivity contribution in [3.8, 4) is 0 Å². The van der Waals surface area contributed by atoms with Crippen LogP contribution in [0, 0.1) is 5.41 Å². The third-order valence-electron chi connectivity index (χ3n) is 3.53. The van der Waals surface area contributed by atoms with Crippen LogP contribution in [-0.4, -0.2) is 24.1 Å². The molecule has 1 saturated heterocycles. The van der Waals surface area contributed by atoms with Gasteiger partial charge in [0.25, 0.3) is 5.91 Å². The molecule has 1 aromatic rings. The van der Waals surface area contributed by atoms with Crippen molar-refractivity contribution in [2.24, 2.45) is 5.41 Å². The molecule has 0 radical (unpaired) electrons. The summed E-state index contributed by atoms with van der Waals surface area (Å²) in [5.74, 6) is -0.862. The van der Waals surface area contributed by atoms with Gasteiger partial charge in [-0.25, -0.2) is 9.69 Å². The monoisotopic (exact) mass is 276 g/mol. The molecule has 1 saturated carbocycles. The van der Waals surface area contributed by atoms with Crippen LogP contribution in [0.15, 0.2) is 29.2 Å². The number of nitrogens with zero attached hydrogens (tertiary/aromatic N) is 1. The van der Waals surface area contributed by atoms with Crippen LogP contribution in [0.25, 0.3) is 0 Å². The first-order valence-electron chi connectivity index (χ1n) is 5.92. The second-order valence-electron chi connectivity index (χ2n) is 4.68. The van der Waals surface area contributed by atoms with E-state index in [9.17, 15) is 14.4 Å². The van der Waals surface area contributed by atoms with Crippen LogP contribution in [0.5, 0.6) is 0 Å². The number of anilines is 1. The summed E-state index contributed by atoms with van der Waals surface area (Å²) in [5.41, 5.74) is -0.489. The van der Waals surface area contributed by atoms with Crippen molar-refractivity contribution in [2.75, 3.05) is 11.2 Å². The molecule has 0 unspecified atom stereocenters. The molecule has 6 heteroatoms. The number of rotatable bonds is 2. The van der Waals surface area contributed by atoms with Gasteiger partial charge in [0.2, 0.25) is 5.91 Å². The Labute approximate surface area is 114 Å². The van der Waals surface area contributed by atoms with Gasteiger partial charge in [0.05, 0.1) is 5.69 Å². The molecule has 5 nitrogen and oxygen atoms in total. The van der Waals surface area contributed by atoms with Crippen LogP contribution in [-0.2, 0) is 9.59 Å². The maximum Gasteiger partial charge on any atom is 0.335 e. The van der Waals surface area contributed by atoms with Gasteiger partial charge in [-0.05, 0) is 37.3 Å². The predicted molar refractivity (Wildman–Crippen MR) is 70.9 cm³/mol. The van der Waals surface area contributed by atoms with Gasteiger partial charge in [-0.3, -0.25) is 14.9 Å². The summed E-state index contributed by atoms with van der Waals surface area (Å²) in [6.07, 6.45) is 2.95. The maximum atomic E-state index is 12.4. The molecule has 1 heterocycles. The number of carbonyl (C=O) groups excluding carboxylic acids is 3. The number of benzene rings is 1. The fourth-order valence-electron chi connectivity index (χ4n) is 2.23. The molecule has 1 N–H and O–H groups in total. The zero-order valence-electron chi connectivity index (χ0n) is 10.3. The van der Waals surface area contributed by atoms with Crippen molar-refractivity contribution in [2.45, 2.75) is 17.7 Å². The molecule has 2 fully saturated rings. The van der Waals surface area contributed by atoms with E-state index >= 15 is 0 Å². The number of imide groups is 2. The molecular formula is C13H12N2O3S. The number of urea groups is 1. The van der Waals surface area contributed by atoms with Crippen LogP contribution < -0.4 is 10.2 Å². The lowest BCUT2D eigenvalue weighted by atomic mass is 10.0. The zero-order valence-corrected chi connectivity index (χ0v) is 11.1. The van der Waals surface area contributed by atoms with Crippen molar-refractivity contribution in [3.05, 3.63) is 24.3 Å². The van der Waals surface area contributed by atoms with E-state index in [2.05, 4.69) is 5.32 Å². The smallest absolute Gasteiger partial charge is 0.276 e. The first kappa shape index (κ1) is 12.2. The number of carbonyl (C=O) groups is 3. The molecule has 0 bridgehead atoms. The van der Waals surface area contributed by atoms with E-state index in [1.165, 1.54) is 11.8 Å². The van der Waals surface area contributed by atoms with Crippen LogP contribution in [0.4, 0.5) is 10.5 Å². The zero-order chi connectivity index (χ0) is 13.6. The lowest BCUT2D eigenvalue weighted by Gasteiger charge is -2.30. The molecule has 1 aliphatic heterocycles. The number of barbiturate groups is 1. The third-order valence-corrected chi connectivity index (χ3v) is 4.26. The Morgan fingerprint density at radius 1 is 1.26 bits per heavy atom. The summed E-state index contributed by atoms with van der Waals surface area (Å²) < 4.78 is 0. The Hall–Kier alpha value is -1.82. The minimum Gasteiger partial charge on any atom is -0.276 e. The minimum absolute atomic E-state index is 0.403.